The first-order valence-electron chi connectivity index (χ1n) is 9.61. The van der Waals surface area contributed by atoms with E-state index in [4.69, 9.17) is 9.05 Å². The maximum Gasteiger partial charge on any atom is 0.351 e. The fraction of sp³-hybridized carbons (Fsp3) is 0.300. The first kappa shape index (κ1) is 20.4. The maximum absolute atomic E-state index is 13.0. The molecule has 0 bridgehead atoms. The Morgan fingerprint density at radius 2 is 1.57 bits per heavy atom. The van der Waals surface area contributed by atoms with Gasteiger partial charge in [0, 0.05) is 16.5 Å². The minimum absolute atomic E-state index is 0.0457. The lowest BCUT2D eigenvalue weighted by atomic mass is 9.94. The van der Waals surface area contributed by atoms with Gasteiger partial charge in [-0.1, -0.05) is 29.5 Å². The molecule has 3 aromatic rings. The summed E-state index contributed by atoms with van der Waals surface area (Å²) in [6.45, 7) is 3.88. The second-order valence-corrected chi connectivity index (χ2v) is 8.76. The van der Waals surface area contributed by atoms with Crippen molar-refractivity contribution in [2.75, 3.05) is 13.2 Å². The number of rotatable bonds is 8. The van der Waals surface area contributed by atoms with E-state index in [1.807, 2.05) is 12.1 Å². The van der Waals surface area contributed by atoms with Gasteiger partial charge in [0.25, 0.3) is 11.8 Å². The Kier molecular flexibility index (Phi) is 5.51. The van der Waals surface area contributed by atoms with E-state index < -0.39 is 7.60 Å². The largest absolute Gasteiger partial charge is 0.351 e. The molecule has 2 aromatic carbocycles. The molecule has 1 aliphatic rings. The number of amides is 2. The van der Waals surface area contributed by atoms with Crippen LogP contribution >= 0.6 is 7.60 Å². The fourth-order valence-electron chi connectivity index (χ4n) is 3.56. The Labute approximate surface area is 173 Å². The highest BCUT2D eigenvalue weighted by molar-refractivity contribution is 7.52. The van der Waals surface area contributed by atoms with Gasteiger partial charge in [-0.25, -0.2) is 4.68 Å². The van der Waals surface area contributed by atoms with Crippen molar-refractivity contribution in [1.82, 2.24) is 19.9 Å². The van der Waals surface area contributed by atoms with Crippen LogP contribution in [0.5, 0.6) is 0 Å². The maximum atomic E-state index is 13.0. The zero-order valence-corrected chi connectivity index (χ0v) is 17.5. The average molecular weight is 428 g/mol. The van der Waals surface area contributed by atoms with E-state index >= 15 is 0 Å². The van der Waals surface area contributed by atoms with Crippen LogP contribution in [-0.2, 0) is 26.4 Å². The molecule has 4 rings (SSSR count). The van der Waals surface area contributed by atoms with Crippen LogP contribution in [0.3, 0.4) is 0 Å². The van der Waals surface area contributed by atoms with Gasteiger partial charge >= 0.3 is 7.60 Å². The van der Waals surface area contributed by atoms with Gasteiger partial charge in [0.15, 0.2) is 0 Å². The molecule has 156 valence electrons. The third-order valence-corrected chi connectivity index (χ3v) is 6.67. The molecule has 9 nitrogen and oxygen atoms in total. The molecule has 0 spiro atoms. The number of hydrogen-bond donors (Lipinski definition) is 0. The van der Waals surface area contributed by atoms with Crippen molar-refractivity contribution in [3.05, 3.63) is 59.4 Å². The van der Waals surface area contributed by atoms with Crippen molar-refractivity contribution >= 4 is 30.2 Å². The molecule has 0 saturated heterocycles. The molecule has 0 N–H and O–H groups in total. The molecule has 0 atom stereocenters. The molecule has 0 radical (unpaired) electrons. The van der Waals surface area contributed by atoms with Crippen molar-refractivity contribution < 1.29 is 23.2 Å². The zero-order valence-electron chi connectivity index (χ0n) is 16.6. The minimum atomic E-state index is -3.35. The van der Waals surface area contributed by atoms with Gasteiger partial charge in [0.05, 0.1) is 26.0 Å². The summed E-state index contributed by atoms with van der Waals surface area (Å²) in [6, 6.07) is 10.8. The standard InChI is InChI=1S/C20H21N4O5P/c1-3-28-30(27,29-4-2)13-23-11-15(21-22-23)12-24-19(25)16-9-5-7-14-8-6-10-17(18(14)16)20(24)26/h5-11H,3-4,12-13H2,1-2H3. The molecule has 1 aromatic heterocycles. The van der Waals surface area contributed by atoms with E-state index in [1.165, 1.54) is 10.9 Å². The van der Waals surface area contributed by atoms with Gasteiger partial charge in [-0.3, -0.25) is 19.1 Å². The Hall–Kier alpha value is -2.87. The summed E-state index contributed by atoms with van der Waals surface area (Å²) in [7, 11) is -3.35. The molecule has 30 heavy (non-hydrogen) atoms. The molecule has 0 aliphatic carbocycles. The molecule has 0 saturated carbocycles. The highest BCUT2D eigenvalue weighted by Gasteiger charge is 2.33. The summed E-state index contributed by atoms with van der Waals surface area (Å²) < 4.78 is 24.5. The Balaban J connectivity index is 1.58. The van der Waals surface area contributed by atoms with Crippen LogP contribution in [0, 0.1) is 0 Å². The first-order chi connectivity index (χ1) is 14.5. The molecule has 2 heterocycles. The van der Waals surface area contributed by atoms with Gasteiger partial charge in [0.2, 0.25) is 0 Å². The Morgan fingerprint density at radius 1 is 0.967 bits per heavy atom. The van der Waals surface area contributed by atoms with Crippen molar-refractivity contribution in [1.29, 1.82) is 0 Å². The van der Waals surface area contributed by atoms with Crippen LogP contribution in [0.2, 0.25) is 0 Å². The number of aromatic nitrogens is 3. The highest BCUT2D eigenvalue weighted by Crippen LogP contribution is 2.49. The van der Waals surface area contributed by atoms with Gasteiger partial charge in [0.1, 0.15) is 12.0 Å². The number of nitrogens with zero attached hydrogens (tertiary/aromatic N) is 4. The second kappa shape index (κ2) is 8.10. The van der Waals surface area contributed by atoms with Crippen LogP contribution in [0.25, 0.3) is 10.8 Å². The van der Waals surface area contributed by atoms with Gasteiger partial charge in [-0.2, -0.15) is 0 Å². The molecule has 2 amide bonds. The monoisotopic (exact) mass is 428 g/mol. The van der Waals surface area contributed by atoms with Crippen molar-refractivity contribution in [2.24, 2.45) is 0 Å². The summed E-state index contributed by atoms with van der Waals surface area (Å²) in [4.78, 5) is 27.1. The van der Waals surface area contributed by atoms with Crippen LogP contribution in [0.4, 0.5) is 0 Å². The first-order valence-corrected chi connectivity index (χ1v) is 11.3. The zero-order chi connectivity index (χ0) is 21.3. The predicted octanol–water partition coefficient (Wildman–Crippen LogP) is 3.45. The number of carbonyl (C=O) groups excluding carboxylic acids is 2. The van der Waals surface area contributed by atoms with E-state index in [0.29, 0.717) is 22.2 Å². The van der Waals surface area contributed by atoms with Crippen LogP contribution in [-0.4, -0.2) is 44.9 Å². The lowest BCUT2D eigenvalue weighted by Gasteiger charge is -2.26. The number of benzene rings is 2. The Bertz CT molecular complexity index is 1110. The Morgan fingerprint density at radius 3 is 2.13 bits per heavy atom. The summed E-state index contributed by atoms with van der Waals surface area (Å²) in [5, 5.41) is 9.49. The number of carbonyl (C=O) groups is 2. The number of hydrogen-bond acceptors (Lipinski definition) is 7. The van der Waals surface area contributed by atoms with Gasteiger partial charge in [-0.15, -0.1) is 5.10 Å². The summed E-state index contributed by atoms with van der Waals surface area (Å²) in [6.07, 6.45) is 1.43. The topological polar surface area (TPSA) is 104 Å². The van der Waals surface area contributed by atoms with Crippen LogP contribution in [0.1, 0.15) is 40.3 Å². The average Bonchev–Trinajstić information content (AvgIpc) is 3.16. The molecule has 1 aliphatic heterocycles. The van der Waals surface area contributed by atoms with Crippen LogP contribution in [0.15, 0.2) is 42.6 Å². The van der Waals surface area contributed by atoms with E-state index in [2.05, 4.69) is 10.3 Å². The SMILES string of the molecule is CCOP(=O)(Cn1cc(CN2C(=O)c3cccc4cccc(c34)C2=O)nn1)OCC. The molecule has 10 heteroatoms. The second-order valence-electron chi connectivity index (χ2n) is 6.74. The third kappa shape index (κ3) is 3.67. The van der Waals surface area contributed by atoms with Crippen molar-refractivity contribution in [3.8, 4) is 0 Å². The quantitative estimate of drug-likeness (QED) is 0.400. The molecular formula is C20H21N4O5P. The third-order valence-electron chi connectivity index (χ3n) is 4.73. The molecular weight excluding hydrogens is 407 g/mol. The van der Waals surface area contributed by atoms with E-state index in [0.717, 1.165) is 10.3 Å². The van der Waals surface area contributed by atoms with Crippen LogP contribution < -0.4 is 0 Å². The lowest BCUT2D eigenvalue weighted by Crippen LogP contribution is -2.39. The fourth-order valence-corrected chi connectivity index (χ4v) is 5.07. The lowest BCUT2D eigenvalue weighted by molar-refractivity contribution is 0.0596. The summed E-state index contributed by atoms with van der Waals surface area (Å²) in [5.41, 5.74) is 1.35. The smallest absolute Gasteiger partial charge is 0.308 e. The molecule has 0 unspecified atom stereocenters. The summed E-state index contributed by atoms with van der Waals surface area (Å²) >= 11 is 0. The summed E-state index contributed by atoms with van der Waals surface area (Å²) in [5.74, 6) is -0.763. The number of imide groups is 1. The van der Waals surface area contributed by atoms with Gasteiger partial charge in [-0.05, 0) is 31.4 Å². The van der Waals surface area contributed by atoms with E-state index in [1.54, 1.807) is 38.1 Å². The van der Waals surface area contributed by atoms with E-state index in [9.17, 15) is 14.2 Å². The van der Waals surface area contributed by atoms with Crippen molar-refractivity contribution in [2.45, 2.75) is 26.7 Å². The highest BCUT2D eigenvalue weighted by atomic mass is 31.2. The molecule has 0 fully saturated rings. The predicted molar refractivity (Wildman–Crippen MR) is 109 cm³/mol. The van der Waals surface area contributed by atoms with Gasteiger partial charge < -0.3 is 9.05 Å². The normalized spacial score (nSPS) is 14.0. The van der Waals surface area contributed by atoms with E-state index in [-0.39, 0.29) is 37.9 Å². The minimum Gasteiger partial charge on any atom is -0.308 e. The van der Waals surface area contributed by atoms with Crippen molar-refractivity contribution in [3.63, 3.8) is 0 Å².